The van der Waals surface area contributed by atoms with Crippen LogP contribution in [0.2, 0.25) is 0 Å². The second kappa shape index (κ2) is 7.11. The average molecular weight is 252 g/mol. The van der Waals surface area contributed by atoms with Gasteiger partial charge < -0.3 is 10.5 Å². The van der Waals surface area contributed by atoms with Gasteiger partial charge >= 0.3 is 0 Å². The molecule has 0 atom stereocenters. The van der Waals surface area contributed by atoms with Crippen LogP contribution in [-0.4, -0.2) is 12.4 Å². The minimum Gasteiger partial charge on any atom is -0.384 e. The van der Waals surface area contributed by atoms with E-state index in [9.17, 15) is 4.39 Å². The van der Waals surface area contributed by atoms with E-state index in [2.05, 4.69) is 13.8 Å². The Labute approximate surface area is 108 Å². The molecule has 0 radical (unpaired) electrons. The highest BCUT2D eigenvalue weighted by molar-refractivity contribution is 5.95. The van der Waals surface area contributed by atoms with Gasteiger partial charge in [0.2, 0.25) is 0 Å². The van der Waals surface area contributed by atoms with Crippen molar-refractivity contribution in [1.82, 2.24) is 0 Å². The third-order valence-corrected chi connectivity index (χ3v) is 2.70. The van der Waals surface area contributed by atoms with Gasteiger partial charge in [0.05, 0.1) is 12.2 Å². The Hall–Kier alpha value is -1.42. The Morgan fingerprint density at radius 2 is 2.17 bits per heavy atom. The molecule has 3 nitrogen and oxygen atoms in total. The first-order valence-corrected chi connectivity index (χ1v) is 6.22. The number of rotatable bonds is 7. The first-order valence-electron chi connectivity index (χ1n) is 6.22. The lowest BCUT2D eigenvalue weighted by molar-refractivity contribution is 0.112. The van der Waals surface area contributed by atoms with Crippen molar-refractivity contribution in [2.75, 3.05) is 6.61 Å². The summed E-state index contributed by atoms with van der Waals surface area (Å²) < 4.78 is 19.3. The van der Waals surface area contributed by atoms with E-state index in [0.29, 0.717) is 18.1 Å². The third kappa shape index (κ3) is 4.45. The number of amidine groups is 1. The number of halogens is 1. The summed E-state index contributed by atoms with van der Waals surface area (Å²) in [6, 6.07) is 4.84. The molecule has 1 aromatic carbocycles. The molecule has 0 aromatic heterocycles. The third-order valence-electron chi connectivity index (χ3n) is 2.70. The smallest absolute Gasteiger partial charge is 0.139 e. The van der Waals surface area contributed by atoms with Gasteiger partial charge in [-0.3, -0.25) is 5.41 Å². The zero-order chi connectivity index (χ0) is 13.5. The fraction of sp³-hybridized carbons (Fsp3) is 0.500. The molecule has 1 aromatic rings. The van der Waals surface area contributed by atoms with Crippen molar-refractivity contribution in [3.8, 4) is 0 Å². The number of benzene rings is 1. The molecule has 0 unspecified atom stereocenters. The van der Waals surface area contributed by atoms with E-state index in [1.165, 1.54) is 6.07 Å². The topological polar surface area (TPSA) is 59.1 Å². The fourth-order valence-corrected chi connectivity index (χ4v) is 1.68. The van der Waals surface area contributed by atoms with Crippen LogP contribution >= 0.6 is 0 Å². The average Bonchev–Trinajstić information content (AvgIpc) is 2.30. The maximum absolute atomic E-state index is 13.9. The van der Waals surface area contributed by atoms with Gasteiger partial charge in [0.1, 0.15) is 11.7 Å². The number of nitrogen functional groups attached to an aromatic ring is 1. The monoisotopic (exact) mass is 252 g/mol. The predicted molar refractivity (Wildman–Crippen MR) is 71.1 cm³/mol. The molecule has 0 spiro atoms. The van der Waals surface area contributed by atoms with Gasteiger partial charge in [-0.15, -0.1) is 0 Å². The summed E-state index contributed by atoms with van der Waals surface area (Å²) >= 11 is 0. The van der Waals surface area contributed by atoms with Crippen molar-refractivity contribution in [2.24, 2.45) is 11.7 Å². The van der Waals surface area contributed by atoms with E-state index in [4.69, 9.17) is 15.9 Å². The van der Waals surface area contributed by atoms with Crippen molar-refractivity contribution in [3.05, 3.63) is 35.1 Å². The van der Waals surface area contributed by atoms with E-state index >= 15 is 0 Å². The fourth-order valence-electron chi connectivity index (χ4n) is 1.68. The van der Waals surface area contributed by atoms with Crippen molar-refractivity contribution in [1.29, 1.82) is 5.41 Å². The van der Waals surface area contributed by atoms with Gasteiger partial charge in [-0.1, -0.05) is 26.0 Å². The molecule has 1 rings (SSSR count). The van der Waals surface area contributed by atoms with Gasteiger partial charge in [-0.2, -0.15) is 0 Å². The van der Waals surface area contributed by atoms with Gasteiger partial charge in [0.25, 0.3) is 0 Å². The molecule has 0 bridgehead atoms. The Balaban J connectivity index is 2.48. The lowest BCUT2D eigenvalue weighted by atomic mass is 10.1. The van der Waals surface area contributed by atoms with Crippen LogP contribution in [0.25, 0.3) is 0 Å². The molecule has 0 fully saturated rings. The first-order chi connectivity index (χ1) is 8.52. The molecule has 0 saturated heterocycles. The molecule has 0 aliphatic rings. The number of nitrogens with one attached hydrogen (secondary N) is 1. The van der Waals surface area contributed by atoms with Gasteiger partial charge in [0.15, 0.2) is 0 Å². The van der Waals surface area contributed by atoms with Crippen molar-refractivity contribution >= 4 is 5.84 Å². The van der Waals surface area contributed by atoms with Gasteiger partial charge in [-0.25, -0.2) is 4.39 Å². The normalized spacial score (nSPS) is 10.9. The Morgan fingerprint density at radius 3 is 2.78 bits per heavy atom. The van der Waals surface area contributed by atoms with E-state index in [1.807, 2.05) is 0 Å². The maximum Gasteiger partial charge on any atom is 0.139 e. The second-order valence-corrected chi connectivity index (χ2v) is 4.78. The van der Waals surface area contributed by atoms with Crippen LogP contribution in [0.3, 0.4) is 0 Å². The van der Waals surface area contributed by atoms with Crippen LogP contribution in [0.15, 0.2) is 18.2 Å². The van der Waals surface area contributed by atoms with Gasteiger partial charge in [0, 0.05) is 12.2 Å². The van der Waals surface area contributed by atoms with E-state index < -0.39 is 5.82 Å². The number of ether oxygens (including phenoxy) is 1. The molecule has 100 valence electrons. The van der Waals surface area contributed by atoms with Crippen molar-refractivity contribution in [2.45, 2.75) is 33.3 Å². The molecule has 4 heteroatoms. The molecular weight excluding hydrogens is 231 g/mol. The quantitative estimate of drug-likeness (QED) is 0.445. The largest absolute Gasteiger partial charge is 0.384 e. The first kappa shape index (κ1) is 14.6. The molecule has 0 aliphatic carbocycles. The Kier molecular flexibility index (Phi) is 5.78. The molecule has 0 amide bonds. The lowest BCUT2D eigenvalue weighted by Crippen LogP contribution is -2.14. The highest BCUT2D eigenvalue weighted by atomic mass is 19.1. The van der Waals surface area contributed by atoms with E-state index in [-0.39, 0.29) is 18.0 Å². The van der Waals surface area contributed by atoms with E-state index in [1.54, 1.807) is 12.1 Å². The highest BCUT2D eigenvalue weighted by Gasteiger charge is 2.09. The molecule has 18 heavy (non-hydrogen) atoms. The SMILES string of the molecule is CC(C)CCCOCc1cccc(C(=N)N)c1F. The van der Waals surface area contributed by atoms with Crippen LogP contribution in [0, 0.1) is 17.1 Å². The minimum atomic E-state index is -0.450. The van der Waals surface area contributed by atoms with E-state index in [0.717, 1.165) is 12.8 Å². The highest BCUT2D eigenvalue weighted by Crippen LogP contribution is 2.14. The Bertz CT molecular complexity index is 405. The van der Waals surface area contributed by atoms with Crippen LogP contribution in [0.5, 0.6) is 0 Å². The summed E-state index contributed by atoms with van der Waals surface area (Å²) in [7, 11) is 0. The molecule has 3 N–H and O–H groups in total. The lowest BCUT2D eigenvalue weighted by Gasteiger charge is -2.09. The summed E-state index contributed by atoms with van der Waals surface area (Å²) in [5, 5.41) is 7.26. The van der Waals surface area contributed by atoms with Crippen molar-refractivity contribution in [3.63, 3.8) is 0 Å². The second-order valence-electron chi connectivity index (χ2n) is 4.78. The number of hydrogen-bond donors (Lipinski definition) is 2. The summed E-state index contributed by atoms with van der Waals surface area (Å²) in [6.07, 6.45) is 2.08. The van der Waals surface area contributed by atoms with Crippen LogP contribution in [0.1, 0.15) is 37.8 Å². The zero-order valence-corrected chi connectivity index (χ0v) is 11.0. The molecule has 0 heterocycles. The summed E-state index contributed by atoms with van der Waals surface area (Å²) in [4.78, 5) is 0. The van der Waals surface area contributed by atoms with Crippen LogP contribution < -0.4 is 5.73 Å². The zero-order valence-electron chi connectivity index (χ0n) is 11.0. The Morgan fingerprint density at radius 1 is 1.44 bits per heavy atom. The summed E-state index contributed by atoms with van der Waals surface area (Å²) in [6.45, 7) is 5.18. The minimum absolute atomic E-state index is 0.137. The van der Waals surface area contributed by atoms with Crippen LogP contribution in [-0.2, 0) is 11.3 Å². The molecular formula is C14H21FN2O. The summed E-state index contributed by atoms with van der Waals surface area (Å²) in [5.41, 5.74) is 5.88. The standard InChI is InChI=1S/C14H21FN2O/c1-10(2)5-4-8-18-9-11-6-3-7-12(13(11)15)14(16)17/h3,6-7,10H,4-5,8-9H2,1-2H3,(H3,16,17). The predicted octanol–water partition coefficient (Wildman–Crippen LogP) is 3.06. The molecule has 0 saturated carbocycles. The van der Waals surface area contributed by atoms with Gasteiger partial charge in [-0.05, 0) is 24.8 Å². The molecule has 0 aliphatic heterocycles. The summed E-state index contributed by atoms with van der Waals surface area (Å²) in [5.74, 6) is -0.0469. The number of nitrogens with two attached hydrogens (primary N) is 1. The van der Waals surface area contributed by atoms with Crippen molar-refractivity contribution < 1.29 is 9.13 Å². The van der Waals surface area contributed by atoms with Crippen LogP contribution in [0.4, 0.5) is 4.39 Å². The maximum atomic E-state index is 13.9. The number of hydrogen-bond acceptors (Lipinski definition) is 2.